The van der Waals surface area contributed by atoms with Crippen LogP contribution in [-0.2, 0) is 0 Å². The summed E-state index contributed by atoms with van der Waals surface area (Å²) < 4.78 is 25.7. The number of nitrogen functional groups attached to an aromatic ring is 1. The number of nitrogens with two attached hydrogens (primary N) is 1. The number of β-amino-alcohol motifs (C(OH)–C–C–N with tert-alkyl or cyclic N) is 1. The Morgan fingerprint density at radius 2 is 2.00 bits per heavy atom. The Hall–Kier alpha value is -2.68. The van der Waals surface area contributed by atoms with E-state index in [0.29, 0.717) is 40.2 Å². The molecule has 4 rings (SSSR count). The van der Waals surface area contributed by atoms with Gasteiger partial charge in [0.1, 0.15) is 19.0 Å². The summed E-state index contributed by atoms with van der Waals surface area (Å²) in [6.45, 7) is 4.93. The van der Waals surface area contributed by atoms with Crippen LogP contribution in [0.1, 0.15) is 19.8 Å². The van der Waals surface area contributed by atoms with Crippen LogP contribution in [0.2, 0.25) is 5.02 Å². The van der Waals surface area contributed by atoms with Gasteiger partial charge in [-0.05, 0) is 50.0 Å². The number of aliphatic hydroxyl groups is 1. The molecule has 1 atom stereocenters. The van der Waals surface area contributed by atoms with Crippen LogP contribution in [0.25, 0.3) is 22.2 Å². The maximum Gasteiger partial charge on any atom is 0.165 e. The van der Waals surface area contributed by atoms with E-state index < -0.39 is 11.9 Å². The molecular weight excluding hydrogens is 447 g/mol. The van der Waals surface area contributed by atoms with Gasteiger partial charge in [0.25, 0.3) is 0 Å². The van der Waals surface area contributed by atoms with E-state index in [1.165, 1.54) is 19.5 Å². The van der Waals surface area contributed by atoms with Crippen LogP contribution < -0.4 is 15.2 Å². The van der Waals surface area contributed by atoms with Crippen molar-refractivity contribution in [3.63, 3.8) is 0 Å². The summed E-state index contributed by atoms with van der Waals surface area (Å²) in [5.41, 5.74) is 7.32. The highest BCUT2D eigenvalue weighted by Crippen LogP contribution is 2.38. The van der Waals surface area contributed by atoms with Crippen molar-refractivity contribution in [3.05, 3.63) is 41.4 Å². The highest BCUT2D eigenvalue weighted by atomic mass is 35.5. The second kappa shape index (κ2) is 10.1. The fourth-order valence-corrected chi connectivity index (χ4v) is 4.27. The zero-order valence-electron chi connectivity index (χ0n) is 18.7. The van der Waals surface area contributed by atoms with Crippen LogP contribution in [0.5, 0.6) is 11.5 Å². The predicted octanol–water partition coefficient (Wildman–Crippen LogP) is 4.15. The molecule has 7 nitrogen and oxygen atoms in total. The van der Waals surface area contributed by atoms with Crippen LogP contribution in [0.4, 0.5) is 10.1 Å². The Kier molecular flexibility index (Phi) is 7.17. The zero-order chi connectivity index (χ0) is 23.5. The van der Waals surface area contributed by atoms with Crippen molar-refractivity contribution in [1.82, 2.24) is 14.9 Å². The van der Waals surface area contributed by atoms with Crippen molar-refractivity contribution in [1.29, 1.82) is 0 Å². The first-order valence-corrected chi connectivity index (χ1v) is 11.3. The molecule has 176 valence electrons. The highest BCUT2D eigenvalue weighted by molar-refractivity contribution is 6.31. The molecule has 1 aromatic heterocycles. The number of benzene rings is 2. The second-order valence-electron chi connectivity index (χ2n) is 8.51. The molecule has 1 fully saturated rings. The van der Waals surface area contributed by atoms with Gasteiger partial charge in [0.05, 0.1) is 29.0 Å². The number of aromatic nitrogens is 2. The number of anilines is 1. The largest absolute Gasteiger partial charge is 0.493 e. The molecule has 1 saturated heterocycles. The number of hydrogen-bond donors (Lipinski definition) is 2. The van der Waals surface area contributed by atoms with Crippen molar-refractivity contribution in [2.45, 2.75) is 25.9 Å². The number of halogens is 2. The van der Waals surface area contributed by atoms with Crippen molar-refractivity contribution in [3.8, 4) is 22.8 Å². The average Bonchev–Trinajstić information content (AvgIpc) is 2.82. The number of nitrogens with zero attached hydrogens (tertiary/aromatic N) is 3. The quantitative estimate of drug-likeness (QED) is 0.497. The lowest BCUT2D eigenvalue weighted by atomic mass is 9.99. The Morgan fingerprint density at radius 3 is 2.73 bits per heavy atom. The van der Waals surface area contributed by atoms with E-state index in [1.54, 1.807) is 18.2 Å². The molecule has 0 spiro atoms. The standard InChI is InChI=1S/C24H28ClFN4O3/c1-14-5-7-30(8-6-14)11-15(31)12-33-21-10-19-17(9-20(21)32-2)24(29-13-28-19)16-3-4-18(25)22(26)23(16)27/h3-4,9-10,13-15,31H,5-8,11-12,27H2,1-2H3. The third kappa shape index (κ3) is 5.13. The minimum absolute atomic E-state index is 0.0551. The van der Waals surface area contributed by atoms with Crippen LogP contribution in [0, 0.1) is 11.7 Å². The van der Waals surface area contributed by atoms with Crippen LogP contribution in [0.15, 0.2) is 30.6 Å². The minimum atomic E-state index is -0.690. The molecule has 1 aliphatic heterocycles. The molecular formula is C24H28ClFN4O3. The van der Waals surface area contributed by atoms with E-state index in [2.05, 4.69) is 21.8 Å². The Bertz CT molecular complexity index is 1140. The normalized spacial score (nSPS) is 16.2. The summed E-state index contributed by atoms with van der Waals surface area (Å²) in [5, 5.41) is 11.1. The second-order valence-corrected chi connectivity index (χ2v) is 8.92. The van der Waals surface area contributed by atoms with Gasteiger partial charge >= 0.3 is 0 Å². The van der Waals surface area contributed by atoms with Crippen molar-refractivity contribution >= 4 is 28.2 Å². The van der Waals surface area contributed by atoms with Crippen LogP contribution >= 0.6 is 11.6 Å². The van der Waals surface area contributed by atoms with Crippen molar-refractivity contribution < 1.29 is 19.0 Å². The number of ether oxygens (including phenoxy) is 2. The van der Waals surface area contributed by atoms with E-state index in [0.717, 1.165) is 31.8 Å². The van der Waals surface area contributed by atoms with Crippen molar-refractivity contribution in [2.24, 2.45) is 5.92 Å². The van der Waals surface area contributed by atoms with Gasteiger partial charge in [0, 0.05) is 23.6 Å². The monoisotopic (exact) mass is 474 g/mol. The molecule has 33 heavy (non-hydrogen) atoms. The number of piperidine rings is 1. The first-order chi connectivity index (χ1) is 15.9. The van der Waals surface area contributed by atoms with E-state index in [4.69, 9.17) is 26.8 Å². The predicted molar refractivity (Wildman–Crippen MR) is 127 cm³/mol. The summed E-state index contributed by atoms with van der Waals surface area (Å²) in [6, 6.07) is 6.51. The van der Waals surface area contributed by atoms with Gasteiger partial charge in [-0.25, -0.2) is 14.4 Å². The van der Waals surface area contributed by atoms with Crippen LogP contribution in [-0.4, -0.2) is 59.4 Å². The summed E-state index contributed by atoms with van der Waals surface area (Å²) >= 11 is 5.84. The lowest BCUT2D eigenvalue weighted by Gasteiger charge is -2.31. The number of aliphatic hydroxyl groups excluding tert-OH is 1. The summed E-state index contributed by atoms with van der Waals surface area (Å²) in [4.78, 5) is 10.9. The molecule has 0 bridgehead atoms. The van der Waals surface area contributed by atoms with Crippen molar-refractivity contribution in [2.75, 3.05) is 39.1 Å². The number of likely N-dealkylation sites (tertiary alicyclic amines) is 1. The molecule has 0 aliphatic carbocycles. The number of methoxy groups -OCH3 is 1. The molecule has 3 aromatic rings. The lowest BCUT2D eigenvalue weighted by Crippen LogP contribution is -2.40. The maximum atomic E-state index is 14.3. The van der Waals surface area contributed by atoms with Gasteiger partial charge in [0.2, 0.25) is 0 Å². The molecule has 0 amide bonds. The Balaban J connectivity index is 1.56. The first kappa shape index (κ1) is 23.5. The van der Waals surface area contributed by atoms with Crippen LogP contribution in [0.3, 0.4) is 0 Å². The third-order valence-corrected chi connectivity index (χ3v) is 6.38. The zero-order valence-corrected chi connectivity index (χ0v) is 19.5. The van der Waals surface area contributed by atoms with E-state index >= 15 is 0 Å². The molecule has 1 aliphatic rings. The average molecular weight is 475 g/mol. The number of rotatable bonds is 7. The number of fused-ring (bicyclic) bond motifs is 1. The molecule has 9 heteroatoms. The maximum absolute atomic E-state index is 14.3. The molecule has 3 N–H and O–H groups in total. The van der Waals surface area contributed by atoms with Gasteiger partial charge in [0.15, 0.2) is 17.3 Å². The summed E-state index contributed by atoms with van der Waals surface area (Å²) in [5.74, 6) is 0.954. The van der Waals surface area contributed by atoms with E-state index in [9.17, 15) is 9.50 Å². The summed E-state index contributed by atoms with van der Waals surface area (Å²) in [6.07, 6.45) is 3.05. The third-order valence-electron chi connectivity index (χ3n) is 6.08. The topological polar surface area (TPSA) is 93.7 Å². The Morgan fingerprint density at radius 1 is 1.24 bits per heavy atom. The SMILES string of the molecule is COc1cc2c(-c3ccc(Cl)c(F)c3N)ncnc2cc1OCC(O)CN1CCC(C)CC1. The fraction of sp³-hybridized carbons (Fsp3) is 0.417. The Labute approximate surface area is 197 Å². The van der Waals surface area contributed by atoms with Gasteiger partial charge in [-0.2, -0.15) is 0 Å². The first-order valence-electron chi connectivity index (χ1n) is 11.0. The summed E-state index contributed by atoms with van der Waals surface area (Å²) in [7, 11) is 1.53. The van der Waals surface area contributed by atoms with E-state index in [1.807, 2.05) is 0 Å². The smallest absolute Gasteiger partial charge is 0.165 e. The molecule has 2 heterocycles. The minimum Gasteiger partial charge on any atom is -0.493 e. The molecule has 2 aromatic carbocycles. The van der Waals surface area contributed by atoms with E-state index in [-0.39, 0.29) is 17.3 Å². The molecule has 0 saturated carbocycles. The number of hydrogen-bond acceptors (Lipinski definition) is 7. The van der Waals surface area contributed by atoms with Gasteiger partial charge in [-0.15, -0.1) is 0 Å². The fourth-order valence-electron chi connectivity index (χ4n) is 4.11. The van der Waals surface area contributed by atoms with Gasteiger partial charge < -0.3 is 25.2 Å². The van der Waals surface area contributed by atoms with Gasteiger partial charge in [-0.3, -0.25) is 0 Å². The molecule has 1 unspecified atom stereocenters. The highest BCUT2D eigenvalue weighted by Gasteiger charge is 2.20. The molecule has 0 radical (unpaired) electrons. The van der Waals surface area contributed by atoms with Gasteiger partial charge in [-0.1, -0.05) is 18.5 Å². The lowest BCUT2D eigenvalue weighted by molar-refractivity contribution is 0.0555.